The third-order valence-corrected chi connectivity index (χ3v) is 8.74. The van der Waals surface area contributed by atoms with Crippen molar-refractivity contribution in [3.8, 4) is 11.1 Å². The van der Waals surface area contributed by atoms with Crippen LogP contribution in [0.15, 0.2) is 66.0 Å². The molecule has 0 amide bonds. The topological polar surface area (TPSA) is 13.0 Å². The van der Waals surface area contributed by atoms with Gasteiger partial charge in [-0.25, -0.2) is 0 Å². The second-order valence-corrected chi connectivity index (χ2v) is 12.5. The van der Waals surface area contributed by atoms with E-state index in [0.29, 0.717) is 17.8 Å². The van der Waals surface area contributed by atoms with Gasteiger partial charge in [-0.05, 0) is 89.8 Å². The molecule has 39 heavy (non-hydrogen) atoms. The number of hydrogen-bond donors (Lipinski definition) is 0. The zero-order chi connectivity index (χ0) is 28.2. The van der Waals surface area contributed by atoms with Gasteiger partial charge in [-0.3, -0.25) is 0 Å². The minimum absolute atomic E-state index is 0.434. The van der Waals surface area contributed by atoms with Crippen molar-refractivity contribution >= 4 is 22.7 Å². The Morgan fingerprint density at radius 2 is 1.13 bits per heavy atom. The molecule has 2 heterocycles. The predicted molar refractivity (Wildman–Crippen MR) is 169 cm³/mol. The van der Waals surface area contributed by atoms with Crippen LogP contribution in [0.1, 0.15) is 89.8 Å². The Morgan fingerprint density at radius 1 is 0.590 bits per heavy atom. The van der Waals surface area contributed by atoms with Crippen LogP contribution in [0.4, 0.5) is 22.7 Å². The van der Waals surface area contributed by atoms with E-state index in [-0.39, 0.29) is 0 Å². The van der Waals surface area contributed by atoms with Crippen LogP contribution in [-0.2, 0) is 0 Å². The summed E-state index contributed by atoms with van der Waals surface area (Å²) in [6.45, 7) is 20.2. The summed E-state index contributed by atoms with van der Waals surface area (Å²) in [6.07, 6.45) is 0. The summed E-state index contributed by atoms with van der Waals surface area (Å²) in [5.74, 6) is 1.37. The van der Waals surface area contributed by atoms with Gasteiger partial charge in [-0.2, -0.15) is 0 Å². The second-order valence-electron chi connectivity index (χ2n) is 12.5. The summed E-state index contributed by atoms with van der Waals surface area (Å²) in [7, 11) is 4.38. The first-order valence-corrected chi connectivity index (χ1v) is 14.5. The molecule has 0 unspecified atom stereocenters. The number of rotatable bonds is 6. The summed E-state index contributed by atoms with van der Waals surface area (Å²) in [4.78, 5) is 9.63. The molecule has 0 saturated carbocycles. The van der Waals surface area contributed by atoms with E-state index in [1.807, 2.05) is 0 Å². The number of anilines is 4. The van der Waals surface area contributed by atoms with E-state index in [1.54, 1.807) is 0 Å². The quantitative estimate of drug-likeness (QED) is 0.320. The van der Waals surface area contributed by atoms with E-state index in [0.717, 1.165) is 13.3 Å². The molecule has 3 aromatic carbocycles. The molecule has 0 atom stereocenters. The van der Waals surface area contributed by atoms with E-state index in [4.69, 9.17) is 0 Å². The van der Waals surface area contributed by atoms with Gasteiger partial charge < -0.3 is 19.6 Å². The smallest absolute Gasteiger partial charge is 0.0950 e. The second kappa shape index (κ2) is 10.3. The molecule has 0 spiro atoms. The first kappa shape index (κ1) is 27.2. The monoisotopic (exact) mass is 522 g/mol. The molecule has 2 aliphatic heterocycles. The van der Waals surface area contributed by atoms with Crippen LogP contribution in [0, 0.1) is 0 Å². The van der Waals surface area contributed by atoms with E-state index in [1.165, 1.54) is 62.0 Å². The molecule has 4 nitrogen and oxygen atoms in total. The molecule has 0 bridgehead atoms. The fourth-order valence-electron chi connectivity index (χ4n) is 6.11. The number of benzene rings is 3. The number of allylic oxidation sites excluding steroid dienone is 2. The molecule has 0 saturated heterocycles. The summed E-state index contributed by atoms with van der Waals surface area (Å²) in [5.41, 5.74) is 14.8. The van der Waals surface area contributed by atoms with Crippen LogP contribution < -0.4 is 14.7 Å². The normalized spacial score (nSPS) is 15.6. The van der Waals surface area contributed by atoms with Crippen LogP contribution in [0.2, 0.25) is 0 Å². The van der Waals surface area contributed by atoms with Crippen molar-refractivity contribution in [2.24, 2.45) is 0 Å². The highest BCUT2D eigenvalue weighted by Gasteiger charge is 2.28. The molecule has 2 aliphatic rings. The zero-order valence-electron chi connectivity index (χ0n) is 25.6. The highest BCUT2D eigenvalue weighted by atomic mass is 15.4. The molecule has 0 radical (unpaired) electrons. The highest BCUT2D eigenvalue weighted by molar-refractivity contribution is 5.87. The highest BCUT2D eigenvalue weighted by Crippen LogP contribution is 2.46. The molecule has 4 heteroatoms. The first-order chi connectivity index (χ1) is 18.5. The third-order valence-electron chi connectivity index (χ3n) is 8.74. The maximum Gasteiger partial charge on any atom is 0.0950 e. The van der Waals surface area contributed by atoms with Crippen molar-refractivity contribution in [3.05, 3.63) is 82.7 Å². The lowest BCUT2D eigenvalue weighted by atomic mass is 9.81. The van der Waals surface area contributed by atoms with Gasteiger partial charge in [0.05, 0.1) is 24.7 Å². The Kier molecular flexibility index (Phi) is 7.17. The van der Waals surface area contributed by atoms with Crippen LogP contribution in [-0.4, -0.2) is 32.3 Å². The van der Waals surface area contributed by atoms with Gasteiger partial charge in [-0.15, -0.1) is 0 Å². The first-order valence-electron chi connectivity index (χ1n) is 14.5. The number of para-hydroxylation sites is 2. The Hall–Kier alpha value is -3.40. The van der Waals surface area contributed by atoms with Crippen molar-refractivity contribution in [2.45, 2.75) is 73.1 Å². The molecule has 5 rings (SSSR count). The molecule has 0 aliphatic carbocycles. The predicted octanol–water partition coefficient (Wildman–Crippen LogP) is 9.23. The maximum atomic E-state index is 2.47. The van der Waals surface area contributed by atoms with Gasteiger partial charge >= 0.3 is 0 Å². The molecule has 206 valence electrons. The number of fused-ring (bicyclic) bond motifs is 1. The molecular formula is C35H46N4. The van der Waals surface area contributed by atoms with Crippen molar-refractivity contribution in [2.75, 3.05) is 42.1 Å². The minimum atomic E-state index is 0.434. The summed E-state index contributed by atoms with van der Waals surface area (Å²) < 4.78 is 0. The van der Waals surface area contributed by atoms with Crippen LogP contribution in [0.5, 0.6) is 0 Å². The number of nitrogens with zero attached hydrogens (tertiary/aromatic N) is 4. The largest absolute Gasteiger partial charge is 0.359 e. The zero-order valence-corrected chi connectivity index (χ0v) is 25.6. The van der Waals surface area contributed by atoms with E-state index >= 15 is 0 Å². The Bertz CT molecular complexity index is 1380. The molecule has 3 aromatic rings. The lowest BCUT2D eigenvalue weighted by Crippen LogP contribution is -2.26. The molecular weight excluding hydrogens is 476 g/mol. The number of hydrogen-bond acceptors (Lipinski definition) is 4. The average molecular weight is 523 g/mol. The maximum absolute atomic E-state index is 2.47. The van der Waals surface area contributed by atoms with Crippen molar-refractivity contribution in [3.63, 3.8) is 0 Å². The SMILES string of the molecule is CC1=C(C)N(c2cc(-c3c(C(C)C)cc(C(C)C)cc3C(C)C)cc(N3CN(C)c4ccccc43)c2)CN1C. The Morgan fingerprint density at radius 3 is 1.64 bits per heavy atom. The summed E-state index contributed by atoms with van der Waals surface area (Å²) >= 11 is 0. The van der Waals surface area contributed by atoms with E-state index in [9.17, 15) is 0 Å². The fourth-order valence-corrected chi connectivity index (χ4v) is 6.11. The van der Waals surface area contributed by atoms with E-state index in [2.05, 4.69) is 144 Å². The van der Waals surface area contributed by atoms with Crippen LogP contribution in [0.25, 0.3) is 11.1 Å². The minimum Gasteiger partial charge on any atom is -0.359 e. The summed E-state index contributed by atoms with van der Waals surface area (Å²) in [6, 6.07) is 21.0. The fraction of sp³-hybridized carbons (Fsp3) is 0.429. The van der Waals surface area contributed by atoms with Gasteiger partial charge in [0.15, 0.2) is 0 Å². The van der Waals surface area contributed by atoms with Gasteiger partial charge in [-0.1, -0.05) is 65.8 Å². The standard InChI is InChI=1S/C35H46N4/c1-22(2)27-17-31(23(3)4)35(32(18-27)24(5)6)28-15-29(38-20-36(9)25(7)26(38)8)19-30(16-28)39-21-37(10)33-13-11-12-14-34(33)39/h11-19,22-24H,20-21H2,1-10H3. The molecule has 0 N–H and O–H groups in total. The third kappa shape index (κ3) is 4.79. The van der Waals surface area contributed by atoms with Crippen molar-refractivity contribution in [1.82, 2.24) is 4.90 Å². The van der Waals surface area contributed by atoms with Gasteiger partial charge in [0.25, 0.3) is 0 Å². The lowest BCUT2D eigenvalue weighted by molar-refractivity contribution is 0.460. The Balaban J connectivity index is 1.77. The molecule has 0 fully saturated rings. The summed E-state index contributed by atoms with van der Waals surface area (Å²) in [5, 5.41) is 0. The van der Waals surface area contributed by atoms with Gasteiger partial charge in [0.2, 0.25) is 0 Å². The van der Waals surface area contributed by atoms with Crippen LogP contribution >= 0.6 is 0 Å². The molecule has 0 aromatic heterocycles. The lowest BCUT2D eigenvalue weighted by Gasteiger charge is -2.28. The Labute approximate surface area is 236 Å². The van der Waals surface area contributed by atoms with Gasteiger partial charge in [0, 0.05) is 36.9 Å². The van der Waals surface area contributed by atoms with Gasteiger partial charge in [0.1, 0.15) is 0 Å². The van der Waals surface area contributed by atoms with Crippen LogP contribution in [0.3, 0.4) is 0 Å². The van der Waals surface area contributed by atoms with Crippen molar-refractivity contribution in [1.29, 1.82) is 0 Å². The van der Waals surface area contributed by atoms with Crippen molar-refractivity contribution < 1.29 is 0 Å². The van der Waals surface area contributed by atoms with E-state index < -0.39 is 0 Å². The average Bonchev–Trinajstić information content (AvgIpc) is 3.38.